The summed E-state index contributed by atoms with van der Waals surface area (Å²) in [5.41, 5.74) is 2.72. The second-order valence-electron chi connectivity index (χ2n) is 7.61. The number of halogens is 1. The SMILES string of the molecule is CCOc1cc(/C=C(\C#N)C(=O)Nc2ccccc2CC)cc(Br)c1OCc1cccc([N+](=O)[O-])c1. The highest BCUT2D eigenvalue weighted by atomic mass is 79.9. The molecule has 0 radical (unpaired) electrons. The van der Waals surface area contributed by atoms with Crippen molar-refractivity contribution in [3.05, 3.63) is 97.5 Å². The lowest BCUT2D eigenvalue weighted by molar-refractivity contribution is -0.384. The van der Waals surface area contributed by atoms with Crippen LogP contribution in [0.3, 0.4) is 0 Å². The Morgan fingerprint density at radius 1 is 1.14 bits per heavy atom. The number of nitro benzene ring substituents is 1. The molecule has 0 atom stereocenters. The van der Waals surface area contributed by atoms with Crippen LogP contribution in [0.15, 0.2) is 70.7 Å². The molecule has 1 amide bonds. The van der Waals surface area contributed by atoms with Gasteiger partial charge in [0.15, 0.2) is 11.5 Å². The maximum atomic E-state index is 12.8. The molecular weight excluding hydrogens is 526 g/mol. The first-order chi connectivity index (χ1) is 17.4. The molecule has 0 aliphatic heterocycles. The van der Waals surface area contributed by atoms with E-state index in [1.807, 2.05) is 38.1 Å². The van der Waals surface area contributed by atoms with Crippen LogP contribution in [-0.2, 0) is 17.8 Å². The van der Waals surface area contributed by atoms with E-state index in [0.29, 0.717) is 39.4 Å². The summed E-state index contributed by atoms with van der Waals surface area (Å²) in [6, 6.07) is 18.9. The number of benzene rings is 3. The molecule has 184 valence electrons. The number of carbonyl (C=O) groups is 1. The van der Waals surface area contributed by atoms with Gasteiger partial charge in [0.05, 0.1) is 16.0 Å². The van der Waals surface area contributed by atoms with Crippen molar-refractivity contribution in [2.75, 3.05) is 11.9 Å². The summed E-state index contributed by atoms with van der Waals surface area (Å²) in [6.45, 7) is 4.24. The summed E-state index contributed by atoms with van der Waals surface area (Å²) in [7, 11) is 0. The molecule has 8 nitrogen and oxygen atoms in total. The number of ether oxygens (including phenoxy) is 2. The zero-order valence-corrected chi connectivity index (χ0v) is 21.4. The van der Waals surface area contributed by atoms with Crippen molar-refractivity contribution in [3.63, 3.8) is 0 Å². The van der Waals surface area contributed by atoms with E-state index in [1.165, 1.54) is 18.2 Å². The molecule has 0 unspecified atom stereocenters. The lowest BCUT2D eigenvalue weighted by Crippen LogP contribution is -2.14. The first kappa shape index (κ1) is 26.4. The van der Waals surface area contributed by atoms with Gasteiger partial charge < -0.3 is 14.8 Å². The zero-order valence-electron chi connectivity index (χ0n) is 19.8. The van der Waals surface area contributed by atoms with Crippen LogP contribution in [0.1, 0.15) is 30.5 Å². The van der Waals surface area contributed by atoms with Gasteiger partial charge in [-0.25, -0.2) is 0 Å². The van der Waals surface area contributed by atoms with Crippen LogP contribution in [0.4, 0.5) is 11.4 Å². The molecule has 1 N–H and O–H groups in total. The van der Waals surface area contributed by atoms with Crippen molar-refractivity contribution in [1.82, 2.24) is 0 Å². The third-order valence-corrected chi connectivity index (χ3v) is 5.75. The number of non-ortho nitro benzene ring substituents is 1. The summed E-state index contributed by atoms with van der Waals surface area (Å²) >= 11 is 3.47. The molecule has 36 heavy (non-hydrogen) atoms. The summed E-state index contributed by atoms with van der Waals surface area (Å²) < 4.78 is 12.2. The van der Waals surface area contributed by atoms with Crippen LogP contribution < -0.4 is 14.8 Å². The highest BCUT2D eigenvalue weighted by Crippen LogP contribution is 2.38. The van der Waals surface area contributed by atoms with Gasteiger partial charge in [-0.05, 0) is 70.2 Å². The number of amides is 1. The average molecular weight is 550 g/mol. The van der Waals surface area contributed by atoms with E-state index in [0.717, 1.165) is 12.0 Å². The van der Waals surface area contributed by atoms with E-state index < -0.39 is 10.8 Å². The van der Waals surface area contributed by atoms with Crippen molar-refractivity contribution in [2.45, 2.75) is 26.9 Å². The number of hydrogen-bond donors (Lipinski definition) is 1. The number of nitrogens with one attached hydrogen (secondary N) is 1. The Hall–Kier alpha value is -4.16. The molecule has 0 bridgehead atoms. The fourth-order valence-electron chi connectivity index (χ4n) is 3.45. The fraction of sp³-hybridized carbons (Fsp3) is 0.185. The second kappa shape index (κ2) is 12.5. The number of carbonyl (C=O) groups excluding carboxylic acids is 1. The smallest absolute Gasteiger partial charge is 0.269 e. The van der Waals surface area contributed by atoms with Crippen LogP contribution in [0, 0.1) is 21.4 Å². The standard InChI is InChI=1S/C27H24BrN3O5/c1-3-20-9-5-6-11-24(20)30-27(32)21(16-29)12-19-14-23(28)26(25(15-19)35-4-2)36-17-18-8-7-10-22(13-18)31(33)34/h5-15H,3-4,17H2,1-2H3,(H,30,32)/b21-12+. The first-order valence-electron chi connectivity index (χ1n) is 11.2. The minimum Gasteiger partial charge on any atom is -0.490 e. The summed E-state index contributed by atoms with van der Waals surface area (Å²) in [5, 5.41) is 23.5. The molecule has 0 heterocycles. The van der Waals surface area contributed by atoms with Gasteiger partial charge in [0.2, 0.25) is 0 Å². The van der Waals surface area contributed by atoms with Gasteiger partial charge >= 0.3 is 0 Å². The maximum Gasteiger partial charge on any atom is 0.269 e. The van der Waals surface area contributed by atoms with Crippen LogP contribution in [0.5, 0.6) is 11.5 Å². The molecule has 0 aliphatic carbocycles. The minimum atomic E-state index is -0.515. The largest absolute Gasteiger partial charge is 0.490 e. The van der Waals surface area contributed by atoms with E-state index in [2.05, 4.69) is 21.2 Å². The molecular formula is C27H24BrN3O5. The number of aryl methyl sites for hydroxylation is 1. The van der Waals surface area contributed by atoms with Gasteiger partial charge in [0, 0.05) is 17.8 Å². The Kier molecular flexibility index (Phi) is 9.19. The molecule has 3 aromatic carbocycles. The maximum absolute atomic E-state index is 12.8. The fourth-order valence-corrected chi connectivity index (χ4v) is 4.02. The van der Waals surface area contributed by atoms with Gasteiger partial charge in [-0.2, -0.15) is 5.26 Å². The monoisotopic (exact) mass is 549 g/mol. The predicted octanol–water partition coefficient (Wildman–Crippen LogP) is 6.44. The van der Waals surface area contributed by atoms with E-state index >= 15 is 0 Å². The number of nitro groups is 1. The van der Waals surface area contributed by atoms with E-state index in [4.69, 9.17) is 9.47 Å². The molecule has 9 heteroatoms. The molecule has 0 fully saturated rings. The molecule has 0 saturated heterocycles. The number of nitriles is 1. The van der Waals surface area contributed by atoms with E-state index in [-0.39, 0.29) is 17.9 Å². The molecule has 3 aromatic rings. The van der Waals surface area contributed by atoms with Gasteiger partial charge in [-0.1, -0.05) is 37.3 Å². The van der Waals surface area contributed by atoms with Crippen molar-refractivity contribution in [1.29, 1.82) is 5.26 Å². The third-order valence-electron chi connectivity index (χ3n) is 5.16. The Labute approximate surface area is 217 Å². The highest BCUT2D eigenvalue weighted by Gasteiger charge is 2.16. The molecule has 0 saturated carbocycles. The third kappa shape index (κ3) is 6.71. The molecule has 3 rings (SSSR count). The van der Waals surface area contributed by atoms with Crippen molar-refractivity contribution >= 4 is 39.3 Å². The van der Waals surface area contributed by atoms with Gasteiger partial charge in [-0.15, -0.1) is 0 Å². The van der Waals surface area contributed by atoms with Crippen LogP contribution >= 0.6 is 15.9 Å². The molecule has 0 aromatic heterocycles. The number of nitrogens with zero attached hydrogens (tertiary/aromatic N) is 2. The Balaban J connectivity index is 1.86. The summed E-state index contributed by atoms with van der Waals surface area (Å²) in [6.07, 6.45) is 2.21. The second-order valence-corrected chi connectivity index (χ2v) is 8.47. The Morgan fingerprint density at radius 3 is 2.61 bits per heavy atom. The topological polar surface area (TPSA) is 114 Å². The van der Waals surface area contributed by atoms with Crippen molar-refractivity contribution in [2.24, 2.45) is 0 Å². The van der Waals surface area contributed by atoms with Crippen molar-refractivity contribution < 1.29 is 19.2 Å². The Bertz CT molecular complexity index is 1350. The van der Waals surface area contributed by atoms with E-state index in [9.17, 15) is 20.2 Å². The molecule has 0 spiro atoms. The van der Waals surface area contributed by atoms with E-state index in [1.54, 1.807) is 30.3 Å². The number of hydrogen-bond acceptors (Lipinski definition) is 6. The minimum absolute atomic E-state index is 0.0236. The zero-order chi connectivity index (χ0) is 26.1. The summed E-state index contributed by atoms with van der Waals surface area (Å²) in [5.74, 6) is 0.288. The van der Waals surface area contributed by atoms with Crippen LogP contribution in [0.2, 0.25) is 0 Å². The highest BCUT2D eigenvalue weighted by molar-refractivity contribution is 9.10. The lowest BCUT2D eigenvalue weighted by atomic mass is 10.1. The summed E-state index contributed by atoms with van der Waals surface area (Å²) in [4.78, 5) is 23.4. The van der Waals surface area contributed by atoms with Gasteiger partial charge in [-0.3, -0.25) is 14.9 Å². The molecule has 0 aliphatic rings. The van der Waals surface area contributed by atoms with Crippen molar-refractivity contribution in [3.8, 4) is 17.6 Å². The lowest BCUT2D eigenvalue weighted by Gasteiger charge is -2.15. The normalized spacial score (nSPS) is 10.9. The van der Waals surface area contributed by atoms with Crippen LogP contribution in [-0.4, -0.2) is 17.4 Å². The van der Waals surface area contributed by atoms with Gasteiger partial charge in [0.25, 0.3) is 11.6 Å². The number of para-hydroxylation sites is 1. The Morgan fingerprint density at radius 2 is 1.92 bits per heavy atom. The quantitative estimate of drug-likeness (QED) is 0.134. The first-order valence-corrected chi connectivity index (χ1v) is 12.0. The van der Waals surface area contributed by atoms with Crippen LogP contribution in [0.25, 0.3) is 6.08 Å². The number of rotatable bonds is 10. The van der Waals surface area contributed by atoms with Gasteiger partial charge in [0.1, 0.15) is 18.2 Å². The average Bonchev–Trinajstić information content (AvgIpc) is 2.87. The number of anilines is 1. The predicted molar refractivity (Wildman–Crippen MR) is 141 cm³/mol.